The summed E-state index contributed by atoms with van der Waals surface area (Å²) >= 11 is 7.82. The summed E-state index contributed by atoms with van der Waals surface area (Å²) in [5, 5.41) is 0.723. The molecule has 5 rings (SSSR count). The Balaban J connectivity index is 1.34. The molecule has 0 aliphatic carbocycles. The molecule has 0 saturated carbocycles. The van der Waals surface area contributed by atoms with Gasteiger partial charge in [-0.2, -0.15) is 0 Å². The quantitative estimate of drug-likeness (QED) is 0.151. The first-order valence-electron chi connectivity index (χ1n) is 13.4. The van der Waals surface area contributed by atoms with Gasteiger partial charge >= 0.3 is 0 Å². The summed E-state index contributed by atoms with van der Waals surface area (Å²) in [4.78, 5) is 1.13. The zero-order valence-electron chi connectivity index (χ0n) is 22.2. The van der Waals surface area contributed by atoms with E-state index in [0.29, 0.717) is 32.2 Å². The molecule has 0 bridgehead atoms. The fourth-order valence-corrected chi connectivity index (χ4v) is 5.48. The zero-order valence-corrected chi connectivity index (χ0v) is 23.8. The molecule has 0 unspecified atom stereocenters. The Kier molecular flexibility index (Phi) is 10.7. The fraction of sp³-hybridized carbons (Fsp3) is 0.235. The van der Waals surface area contributed by atoms with E-state index in [1.807, 2.05) is 85.1 Å². The molecule has 0 saturated heterocycles. The average molecular weight is 573 g/mol. The predicted molar refractivity (Wildman–Crippen MR) is 161 cm³/mol. The summed E-state index contributed by atoms with van der Waals surface area (Å²) in [6.45, 7) is 1.81. The highest BCUT2D eigenvalue weighted by atomic mass is 35.5. The van der Waals surface area contributed by atoms with E-state index in [-0.39, 0.29) is 18.3 Å². The Hall–Kier alpha value is -3.06. The van der Waals surface area contributed by atoms with Crippen LogP contribution in [0, 0.1) is 0 Å². The maximum atomic E-state index is 6.62. The van der Waals surface area contributed by atoms with Crippen molar-refractivity contribution in [2.45, 2.75) is 43.0 Å². The molecule has 0 spiro atoms. The second-order valence-corrected chi connectivity index (χ2v) is 11.1. The summed E-state index contributed by atoms with van der Waals surface area (Å²) in [6.07, 6.45) is 0.864. The van der Waals surface area contributed by atoms with Gasteiger partial charge in [0.1, 0.15) is 18.3 Å². The van der Waals surface area contributed by atoms with Gasteiger partial charge < -0.3 is 18.9 Å². The minimum absolute atomic E-state index is 0.303. The van der Waals surface area contributed by atoms with Crippen molar-refractivity contribution >= 4 is 23.4 Å². The number of ether oxygens (including phenoxy) is 4. The van der Waals surface area contributed by atoms with E-state index in [1.165, 1.54) is 0 Å². The standard InChI is InChI=1S/C34H33ClO4S/c35-30-16-18-31(19-17-30)40-25-29-23-37-32(24-36-20-26-10-4-1-5-11-26)34(39-22-28-14-8-3-9-15-28)33(29)38-21-27-12-6-2-7-13-27/h1-19,23,32-34H,20-22,24-25H2/t32-,33-,34+/m1/s1. The Labute approximate surface area is 245 Å². The summed E-state index contributed by atoms with van der Waals surface area (Å²) < 4.78 is 25.6. The van der Waals surface area contributed by atoms with Gasteiger partial charge in [-0.1, -0.05) is 103 Å². The van der Waals surface area contributed by atoms with Crippen LogP contribution in [0.5, 0.6) is 0 Å². The summed E-state index contributed by atoms with van der Waals surface area (Å²) in [7, 11) is 0. The molecule has 40 heavy (non-hydrogen) atoms. The van der Waals surface area contributed by atoms with Gasteiger partial charge in [0.25, 0.3) is 0 Å². The highest BCUT2D eigenvalue weighted by Gasteiger charge is 2.39. The molecule has 0 fully saturated rings. The van der Waals surface area contributed by atoms with Gasteiger partial charge in [-0.3, -0.25) is 0 Å². The first kappa shape index (κ1) is 28.5. The van der Waals surface area contributed by atoms with Crippen molar-refractivity contribution in [3.05, 3.63) is 149 Å². The van der Waals surface area contributed by atoms with Crippen LogP contribution < -0.4 is 0 Å². The number of hydrogen-bond acceptors (Lipinski definition) is 5. The highest BCUT2D eigenvalue weighted by Crippen LogP contribution is 2.32. The molecular weight excluding hydrogens is 540 g/mol. The van der Waals surface area contributed by atoms with Gasteiger partial charge in [-0.25, -0.2) is 0 Å². The largest absolute Gasteiger partial charge is 0.493 e. The van der Waals surface area contributed by atoms with E-state index in [1.54, 1.807) is 11.8 Å². The van der Waals surface area contributed by atoms with Gasteiger partial charge in [-0.15, -0.1) is 11.8 Å². The van der Waals surface area contributed by atoms with Crippen molar-refractivity contribution < 1.29 is 18.9 Å². The predicted octanol–water partition coefficient (Wildman–Crippen LogP) is 8.10. The van der Waals surface area contributed by atoms with Gasteiger partial charge in [0.15, 0.2) is 0 Å². The molecule has 4 aromatic carbocycles. The van der Waals surface area contributed by atoms with Crippen molar-refractivity contribution in [3.63, 3.8) is 0 Å². The number of halogens is 1. The second kappa shape index (κ2) is 15.1. The van der Waals surface area contributed by atoms with Gasteiger partial charge in [0, 0.05) is 21.2 Å². The maximum absolute atomic E-state index is 6.62. The van der Waals surface area contributed by atoms with Crippen LogP contribution in [-0.2, 0) is 38.8 Å². The second-order valence-electron chi connectivity index (χ2n) is 9.59. The molecule has 6 heteroatoms. The van der Waals surface area contributed by atoms with Crippen LogP contribution in [0.2, 0.25) is 5.02 Å². The third kappa shape index (κ3) is 8.47. The maximum Gasteiger partial charge on any atom is 0.150 e. The minimum atomic E-state index is -0.356. The van der Waals surface area contributed by atoms with Crippen LogP contribution >= 0.6 is 23.4 Å². The lowest BCUT2D eigenvalue weighted by Gasteiger charge is -2.38. The van der Waals surface area contributed by atoms with Crippen LogP contribution in [0.25, 0.3) is 0 Å². The highest BCUT2D eigenvalue weighted by molar-refractivity contribution is 7.99. The Morgan fingerprint density at radius 1 is 0.650 bits per heavy atom. The lowest BCUT2D eigenvalue weighted by Crippen LogP contribution is -2.48. The van der Waals surface area contributed by atoms with Crippen LogP contribution in [-0.4, -0.2) is 30.7 Å². The lowest BCUT2D eigenvalue weighted by atomic mass is 9.99. The number of thioether (sulfide) groups is 1. The van der Waals surface area contributed by atoms with Gasteiger partial charge in [0.2, 0.25) is 0 Å². The van der Waals surface area contributed by atoms with E-state index >= 15 is 0 Å². The first-order valence-corrected chi connectivity index (χ1v) is 14.8. The van der Waals surface area contributed by atoms with Gasteiger partial charge in [0.05, 0.1) is 32.7 Å². The minimum Gasteiger partial charge on any atom is -0.493 e. The van der Waals surface area contributed by atoms with Gasteiger partial charge in [-0.05, 0) is 41.0 Å². The van der Waals surface area contributed by atoms with E-state index < -0.39 is 0 Å². The van der Waals surface area contributed by atoms with Crippen LogP contribution in [0.15, 0.2) is 132 Å². The molecule has 1 heterocycles. The zero-order chi connectivity index (χ0) is 27.4. The van der Waals surface area contributed by atoms with Crippen LogP contribution in [0.1, 0.15) is 16.7 Å². The normalized spacial score (nSPS) is 18.6. The molecule has 4 aromatic rings. The van der Waals surface area contributed by atoms with E-state index in [9.17, 15) is 0 Å². The third-order valence-electron chi connectivity index (χ3n) is 6.59. The molecular formula is C34H33ClO4S. The van der Waals surface area contributed by atoms with Crippen LogP contribution in [0.4, 0.5) is 0 Å². The van der Waals surface area contributed by atoms with Crippen molar-refractivity contribution in [2.75, 3.05) is 12.4 Å². The van der Waals surface area contributed by atoms with E-state index in [0.717, 1.165) is 32.2 Å². The molecule has 1 aliphatic heterocycles. The van der Waals surface area contributed by atoms with Crippen molar-refractivity contribution in [2.24, 2.45) is 0 Å². The topological polar surface area (TPSA) is 36.9 Å². The lowest BCUT2D eigenvalue weighted by molar-refractivity contribution is -0.151. The molecule has 3 atom stereocenters. The summed E-state index contributed by atoms with van der Waals surface area (Å²) in [5.41, 5.74) is 4.36. The Morgan fingerprint density at radius 2 is 1.20 bits per heavy atom. The monoisotopic (exact) mass is 572 g/mol. The molecule has 0 radical (unpaired) electrons. The number of benzene rings is 4. The smallest absolute Gasteiger partial charge is 0.150 e. The molecule has 4 nitrogen and oxygen atoms in total. The van der Waals surface area contributed by atoms with Crippen molar-refractivity contribution in [1.29, 1.82) is 0 Å². The molecule has 1 aliphatic rings. The number of rotatable bonds is 13. The molecule has 0 N–H and O–H groups in total. The van der Waals surface area contributed by atoms with Crippen LogP contribution in [0.3, 0.4) is 0 Å². The molecule has 0 amide bonds. The Bertz CT molecular complexity index is 1320. The molecule has 0 aromatic heterocycles. The fourth-order valence-electron chi connectivity index (χ4n) is 4.46. The van der Waals surface area contributed by atoms with Crippen molar-refractivity contribution in [3.8, 4) is 0 Å². The SMILES string of the molecule is Clc1ccc(SCC2=CO[C@H](COCc3ccccc3)[C@H](OCc3ccccc3)[C@@H]2OCc2ccccc2)cc1. The summed E-state index contributed by atoms with van der Waals surface area (Å²) in [6, 6.07) is 38.4. The average Bonchev–Trinajstić information content (AvgIpc) is 3.01. The number of hydrogen-bond donors (Lipinski definition) is 0. The van der Waals surface area contributed by atoms with Crippen molar-refractivity contribution in [1.82, 2.24) is 0 Å². The summed E-state index contributed by atoms with van der Waals surface area (Å²) in [5.74, 6) is 0.698. The molecule has 206 valence electrons. The third-order valence-corrected chi connectivity index (χ3v) is 7.93. The van der Waals surface area contributed by atoms with E-state index in [2.05, 4.69) is 36.4 Å². The Morgan fingerprint density at radius 3 is 1.80 bits per heavy atom. The van der Waals surface area contributed by atoms with E-state index in [4.69, 9.17) is 30.5 Å². The first-order chi connectivity index (χ1) is 19.7.